The van der Waals surface area contributed by atoms with Gasteiger partial charge in [-0.2, -0.15) is 0 Å². The number of hydrogen-bond acceptors (Lipinski definition) is 0. The maximum atomic E-state index is 2.45. The molecule has 86 valence electrons. The molecular formula is C15H26. The van der Waals surface area contributed by atoms with Gasteiger partial charge in [0.05, 0.1) is 0 Å². The lowest BCUT2D eigenvalue weighted by atomic mass is 9.94. The molecule has 0 aliphatic heterocycles. The van der Waals surface area contributed by atoms with Gasteiger partial charge in [0.15, 0.2) is 0 Å². The number of allylic oxidation sites excluding steroid dienone is 4. The van der Waals surface area contributed by atoms with Crippen molar-refractivity contribution in [1.29, 1.82) is 0 Å². The first-order valence-electron chi connectivity index (χ1n) is 6.76. The molecule has 1 saturated carbocycles. The highest BCUT2D eigenvalue weighted by Gasteiger charge is 2.03. The Kier molecular flexibility index (Phi) is 7.33. The Hall–Kier alpha value is -0.520. The van der Waals surface area contributed by atoms with E-state index in [1.165, 1.54) is 64.2 Å². The predicted molar refractivity (Wildman–Crippen MR) is 69.1 cm³/mol. The fourth-order valence-corrected chi connectivity index (χ4v) is 2.17. The zero-order chi connectivity index (χ0) is 10.8. The SMILES string of the molecule is CCCCC/C=C/CC=C1CCCCC1. The molecule has 0 spiro atoms. The molecule has 1 aliphatic carbocycles. The number of hydrogen-bond donors (Lipinski definition) is 0. The van der Waals surface area contributed by atoms with Crippen molar-refractivity contribution in [2.24, 2.45) is 0 Å². The highest BCUT2D eigenvalue weighted by atomic mass is 14.1. The average molecular weight is 206 g/mol. The normalized spacial score (nSPS) is 17.3. The summed E-state index contributed by atoms with van der Waals surface area (Å²) in [4.78, 5) is 0. The van der Waals surface area contributed by atoms with E-state index in [0.717, 1.165) is 0 Å². The second-order valence-electron chi connectivity index (χ2n) is 4.63. The molecule has 0 radical (unpaired) electrons. The van der Waals surface area contributed by atoms with Gasteiger partial charge in [-0.25, -0.2) is 0 Å². The van der Waals surface area contributed by atoms with Crippen molar-refractivity contribution in [3.8, 4) is 0 Å². The Morgan fingerprint density at radius 2 is 1.80 bits per heavy atom. The van der Waals surface area contributed by atoms with Crippen molar-refractivity contribution in [2.75, 3.05) is 0 Å². The summed E-state index contributed by atoms with van der Waals surface area (Å²) in [6.45, 7) is 2.26. The fraction of sp³-hybridized carbons (Fsp3) is 0.733. The van der Waals surface area contributed by atoms with Crippen LogP contribution >= 0.6 is 0 Å². The molecule has 0 aromatic heterocycles. The third kappa shape index (κ3) is 6.54. The topological polar surface area (TPSA) is 0 Å². The van der Waals surface area contributed by atoms with E-state index in [9.17, 15) is 0 Å². The molecule has 1 rings (SSSR count). The van der Waals surface area contributed by atoms with Crippen LogP contribution in [0, 0.1) is 0 Å². The fourth-order valence-electron chi connectivity index (χ4n) is 2.17. The Morgan fingerprint density at radius 1 is 1.00 bits per heavy atom. The summed E-state index contributed by atoms with van der Waals surface area (Å²) in [5.41, 5.74) is 1.71. The van der Waals surface area contributed by atoms with Crippen LogP contribution in [0.25, 0.3) is 0 Å². The van der Waals surface area contributed by atoms with Crippen LogP contribution in [0.2, 0.25) is 0 Å². The minimum absolute atomic E-state index is 1.17. The number of unbranched alkanes of at least 4 members (excludes halogenated alkanes) is 3. The van der Waals surface area contributed by atoms with E-state index in [-0.39, 0.29) is 0 Å². The molecule has 0 heterocycles. The van der Waals surface area contributed by atoms with Gasteiger partial charge in [-0.3, -0.25) is 0 Å². The minimum Gasteiger partial charge on any atom is -0.0882 e. The van der Waals surface area contributed by atoms with Gasteiger partial charge in [-0.1, -0.05) is 50.0 Å². The largest absolute Gasteiger partial charge is 0.0882 e. The first kappa shape index (κ1) is 12.5. The molecular weight excluding hydrogens is 180 g/mol. The molecule has 0 aromatic rings. The third-order valence-electron chi connectivity index (χ3n) is 3.18. The molecule has 0 N–H and O–H groups in total. The lowest BCUT2D eigenvalue weighted by Gasteiger charge is -2.12. The molecule has 0 heteroatoms. The van der Waals surface area contributed by atoms with E-state index in [1.807, 2.05) is 0 Å². The van der Waals surface area contributed by atoms with Crippen LogP contribution in [0.5, 0.6) is 0 Å². The van der Waals surface area contributed by atoms with Crippen molar-refractivity contribution < 1.29 is 0 Å². The molecule has 15 heavy (non-hydrogen) atoms. The van der Waals surface area contributed by atoms with Crippen molar-refractivity contribution in [1.82, 2.24) is 0 Å². The summed E-state index contributed by atoms with van der Waals surface area (Å²) in [6, 6.07) is 0. The zero-order valence-corrected chi connectivity index (χ0v) is 10.3. The first-order chi connectivity index (χ1) is 7.43. The van der Waals surface area contributed by atoms with Crippen LogP contribution in [0.4, 0.5) is 0 Å². The van der Waals surface area contributed by atoms with Crippen LogP contribution in [0.3, 0.4) is 0 Å². The van der Waals surface area contributed by atoms with Crippen molar-refractivity contribution in [2.45, 2.75) is 71.1 Å². The molecule has 0 aromatic carbocycles. The van der Waals surface area contributed by atoms with Crippen LogP contribution in [0.15, 0.2) is 23.8 Å². The van der Waals surface area contributed by atoms with Crippen LogP contribution in [-0.4, -0.2) is 0 Å². The van der Waals surface area contributed by atoms with E-state index in [1.54, 1.807) is 5.57 Å². The Balaban J connectivity index is 2.03. The van der Waals surface area contributed by atoms with Gasteiger partial charge in [0.1, 0.15) is 0 Å². The Morgan fingerprint density at radius 3 is 2.53 bits per heavy atom. The van der Waals surface area contributed by atoms with Gasteiger partial charge in [0.2, 0.25) is 0 Å². The van der Waals surface area contributed by atoms with Crippen molar-refractivity contribution >= 4 is 0 Å². The highest BCUT2D eigenvalue weighted by molar-refractivity contribution is 5.06. The quantitative estimate of drug-likeness (QED) is 0.403. The average Bonchev–Trinajstić information content (AvgIpc) is 2.29. The van der Waals surface area contributed by atoms with Crippen LogP contribution in [0.1, 0.15) is 71.1 Å². The van der Waals surface area contributed by atoms with Crippen LogP contribution < -0.4 is 0 Å². The Labute approximate surface area is 95.5 Å². The minimum atomic E-state index is 1.17. The smallest absolute Gasteiger partial charge is 0.0166 e. The lowest BCUT2D eigenvalue weighted by Crippen LogP contribution is -1.92. The van der Waals surface area contributed by atoms with E-state index in [4.69, 9.17) is 0 Å². The van der Waals surface area contributed by atoms with Gasteiger partial charge in [0, 0.05) is 0 Å². The van der Waals surface area contributed by atoms with E-state index in [2.05, 4.69) is 25.2 Å². The van der Waals surface area contributed by atoms with Gasteiger partial charge >= 0.3 is 0 Å². The van der Waals surface area contributed by atoms with E-state index < -0.39 is 0 Å². The molecule has 1 fully saturated rings. The van der Waals surface area contributed by atoms with Gasteiger partial charge < -0.3 is 0 Å². The van der Waals surface area contributed by atoms with Gasteiger partial charge in [0.25, 0.3) is 0 Å². The van der Waals surface area contributed by atoms with E-state index in [0.29, 0.717) is 0 Å². The second kappa shape index (κ2) is 8.76. The monoisotopic (exact) mass is 206 g/mol. The van der Waals surface area contributed by atoms with Crippen LogP contribution in [-0.2, 0) is 0 Å². The molecule has 0 amide bonds. The predicted octanol–water partition coefficient (Wildman–Crippen LogP) is 5.40. The molecule has 0 unspecified atom stereocenters. The van der Waals surface area contributed by atoms with Crippen molar-refractivity contribution in [3.63, 3.8) is 0 Å². The molecule has 0 nitrogen and oxygen atoms in total. The molecule has 0 saturated heterocycles. The zero-order valence-electron chi connectivity index (χ0n) is 10.3. The van der Waals surface area contributed by atoms with E-state index >= 15 is 0 Å². The summed E-state index contributed by atoms with van der Waals surface area (Å²) < 4.78 is 0. The summed E-state index contributed by atoms with van der Waals surface area (Å²) in [7, 11) is 0. The standard InChI is InChI=1S/C15H26/c1-2-3-4-5-6-7-9-12-15-13-10-8-11-14-15/h6-7,12H,2-5,8-11,13-14H2,1H3/b7-6+. The summed E-state index contributed by atoms with van der Waals surface area (Å²) in [5, 5.41) is 0. The molecule has 0 atom stereocenters. The van der Waals surface area contributed by atoms with Gasteiger partial charge in [-0.15, -0.1) is 0 Å². The maximum Gasteiger partial charge on any atom is -0.0166 e. The first-order valence-corrected chi connectivity index (χ1v) is 6.76. The second-order valence-corrected chi connectivity index (χ2v) is 4.63. The third-order valence-corrected chi connectivity index (χ3v) is 3.18. The number of rotatable bonds is 6. The lowest BCUT2D eigenvalue weighted by molar-refractivity contribution is 0.597. The Bertz CT molecular complexity index is 190. The summed E-state index contributed by atoms with van der Waals surface area (Å²) in [6.07, 6.45) is 20.7. The van der Waals surface area contributed by atoms with Crippen molar-refractivity contribution in [3.05, 3.63) is 23.8 Å². The van der Waals surface area contributed by atoms with Gasteiger partial charge in [-0.05, 0) is 44.9 Å². The molecule has 0 bridgehead atoms. The summed E-state index contributed by atoms with van der Waals surface area (Å²) >= 11 is 0. The maximum absolute atomic E-state index is 2.45. The summed E-state index contributed by atoms with van der Waals surface area (Å²) in [5.74, 6) is 0. The molecule has 1 aliphatic rings. The highest BCUT2D eigenvalue weighted by Crippen LogP contribution is 2.22.